The van der Waals surface area contributed by atoms with Gasteiger partial charge in [-0.1, -0.05) is 18.2 Å². The number of rotatable bonds is 6. The van der Waals surface area contributed by atoms with Gasteiger partial charge in [0.05, 0.1) is 0 Å². The average Bonchev–Trinajstić information content (AvgIpc) is 2.54. The van der Waals surface area contributed by atoms with E-state index in [0.29, 0.717) is 5.92 Å². The molecule has 1 saturated carbocycles. The summed E-state index contributed by atoms with van der Waals surface area (Å²) < 4.78 is 45.6. The summed E-state index contributed by atoms with van der Waals surface area (Å²) in [7, 11) is 0. The van der Waals surface area contributed by atoms with Crippen molar-refractivity contribution in [2.45, 2.75) is 57.9 Å². The lowest BCUT2D eigenvalue weighted by atomic mass is 9.84. The monoisotopic (exact) mass is 356 g/mol. The second kappa shape index (κ2) is 8.92. The van der Waals surface area contributed by atoms with Crippen molar-refractivity contribution in [3.05, 3.63) is 42.0 Å². The molecular formula is C19H23F3O3. The molecule has 0 N–H and O–H groups in total. The fourth-order valence-electron chi connectivity index (χ4n) is 3.11. The number of hydrogen-bond donors (Lipinski definition) is 0. The molecule has 0 aliphatic heterocycles. The van der Waals surface area contributed by atoms with Crippen molar-refractivity contribution in [3.63, 3.8) is 0 Å². The van der Waals surface area contributed by atoms with Crippen molar-refractivity contribution in [2.75, 3.05) is 0 Å². The summed E-state index contributed by atoms with van der Waals surface area (Å²) in [6, 6.07) is 6.04. The van der Waals surface area contributed by atoms with E-state index in [0.717, 1.165) is 44.1 Å². The Labute approximate surface area is 145 Å². The van der Waals surface area contributed by atoms with Crippen LogP contribution in [0.5, 0.6) is 5.75 Å². The molecular weight excluding hydrogens is 333 g/mol. The average molecular weight is 356 g/mol. The molecule has 1 aromatic carbocycles. The Bertz CT molecular complexity index is 571. The second-order valence-corrected chi connectivity index (χ2v) is 6.31. The molecule has 0 radical (unpaired) electrons. The van der Waals surface area contributed by atoms with Crippen LogP contribution in [0.2, 0.25) is 0 Å². The Kier molecular flexibility index (Phi) is 6.91. The van der Waals surface area contributed by atoms with Crippen LogP contribution in [0.1, 0.15) is 44.6 Å². The molecule has 3 nitrogen and oxygen atoms in total. The summed E-state index contributed by atoms with van der Waals surface area (Å²) in [6.45, 7) is 1.78. The van der Waals surface area contributed by atoms with Gasteiger partial charge in [0.25, 0.3) is 0 Å². The standard InChI is InChI=1S/C19H23F3O3/c1-2-3-18(23)24-16-10-6-14(7-11-16)4-5-15-8-12-17(13-9-15)25-19(20,21)22/h2-3,8-9,12-14,16H,4-7,10-11H2,1H3/b3-2+. The summed E-state index contributed by atoms with van der Waals surface area (Å²) >= 11 is 0. The molecule has 0 spiro atoms. The highest BCUT2D eigenvalue weighted by molar-refractivity contribution is 5.81. The molecule has 1 aliphatic rings. The summed E-state index contributed by atoms with van der Waals surface area (Å²) in [5.74, 6) is 0.0783. The molecule has 6 heteroatoms. The smallest absolute Gasteiger partial charge is 0.459 e. The lowest BCUT2D eigenvalue weighted by Gasteiger charge is -2.28. The largest absolute Gasteiger partial charge is 0.573 e. The Morgan fingerprint density at radius 2 is 1.80 bits per heavy atom. The highest BCUT2D eigenvalue weighted by atomic mass is 19.4. The van der Waals surface area contributed by atoms with E-state index in [-0.39, 0.29) is 17.8 Å². The maximum atomic E-state index is 12.1. The third kappa shape index (κ3) is 7.20. The van der Waals surface area contributed by atoms with Crippen LogP contribution >= 0.6 is 0 Å². The number of benzene rings is 1. The first-order chi connectivity index (χ1) is 11.9. The zero-order valence-electron chi connectivity index (χ0n) is 14.2. The first-order valence-corrected chi connectivity index (χ1v) is 8.53. The van der Waals surface area contributed by atoms with E-state index in [4.69, 9.17) is 4.74 Å². The van der Waals surface area contributed by atoms with E-state index in [1.807, 2.05) is 0 Å². The minimum atomic E-state index is -4.66. The van der Waals surface area contributed by atoms with Gasteiger partial charge in [-0.2, -0.15) is 0 Å². The lowest BCUT2D eigenvalue weighted by Crippen LogP contribution is -2.24. The minimum absolute atomic E-state index is 0.00116. The third-order valence-corrected chi connectivity index (χ3v) is 4.38. The number of hydrogen-bond acceptors (Lipinski definition) is 3. The highest BCUT2D eigenvalue weighted by Crippen LogP contribution is 2.30. The fraction of sp³-hybridized carbons (Fsp3) is 0.526. The van der Waals surface area contributed by atoms with E-state index in [1.54, 1.807) is 25.1 Å². The molecule has 1 fully saturated rings. The normalized spacial score (nSPS) is 21.3. The molecule has 0 bridgehead atoms. The molecule has 1 aliphatic carbocycles. The Morgan fingerprint density at radius 1 is 1.16 bits per heavy atom. The summed E-state index contributed by atoms with van der Waals surface area (Å²) in [5.41, 5.74) is 0.996. The number of ether oxygens (including phenoxy) is 2. The van der Waals surface area contributed by atoms with Crippen molar-refractivity contribution in [1.29, 1.82) is 0 Å². The first kappa shape index (κ1) is 19.3. The number of carbonyl (C=O) groups is 1. The predicted octanol–water partition coefficient (Wildman–Crippen LogP) is 5.20. The minimum Gasteiger partial charge on any atom is -0.459 e. The maximum absolute atomic E-state index is 12.1. The number of alkyl halides is 3. The SMILES string of the molecule is C/C=C/C(=O)OC1CCC(CCc2ccc(OC(F)(F)F)cc2)CC1. The van der Waals surface area contributed by atoms with Gasteiger partial charge in [-0.3, -0.25) is 0 Å². The Morgan fingerprint density at radius 3 is 2.36 bits per heavy atom. The number of aryl methyl sites for hydroxylation is 1. The second-order valence-electron chi connectivity index (χ2n) is 6.31. The molecule has 0 aromatic heterocycles. The van der Waals surface area contributed by atoms with Crippen LogP contribution in [-0.2, 0) is 16.0 Å². The van der Waals surface area contributed by atoms with Crippen LogP contribution in [0.4, 0.5) is 13.2 Å². The van der Waals surface area contributed by atoms with E-state index >= 15 is 0 Å². The van der Waals surface area contributed by atoms with Crippen LogP contribution in [0.25, 0.3) is 0 Å². The number of halogens is 3. The van der Waals surface area contributed by atoms with E-state index in [2.05, 4.69) is 4.74 Å². The van der Waals surface area contributed by atoms with Crippen molar-refractivity contribution >= 4 is 5.97 Å². The zero-order chi connectivity index (χ0) is 18.3. The molecule has 0 saturated heterocycles. The highest BCUT2D eigenvalue weighted by Gasteiger charge is 2.31. The van der Waals surface area contributed by atoms with Crippen LogP contribution in [0.3, 0.4) is 0 Å². The van der Waals surface area contributed by atoms with E-state index in [1.165, 1.54) is 18.2 Å². The van der Waals surface area contributed by atoms with Gasteiger partial charge in [0, 0.05) is 6.08 Å². The molecule has 0 unspecified atom stereocenters. The summed E-state index contributed by atoms with van der Waals surface area (Å²) in [5, 5.41) is 0. The lowest BCUT2D eigenvalue weighted by molar-refractivity contribution is -0.274. The van der Waals surface area contributed by atoms with Crippen molar-refractivity contribution in [3.8, 4) is 5.75 Å². The third-order valence-electron chi connectivity index (χ3n) is 4.38. The number of allylic oxidation sites excluding steroid dienone is 1. The van der Waals surface area contributed by atoms with Crippen LogP contribution < -0.4 is 4.74 Å². The van der Waals surface area contributed by atoms with Gasteiger partial charge in [0.15, 0.2) is 0 Å². The van der Waals surface area contributed by atoms with Gasteiger partial charge >= 0.3 is 12.3 Å². The predicted molar refractivity (Wildman–Crippen MR) is 88.1 cm³/mol. The molecule has 0 atom stereocenters. The molecule has 0 heterocycles. The maximum Gasteiger partial charge on any atom is 0.573 e. The van der Waals surface area contributed by atoms with Crippen LogP contribution in [0.15, 0.2) is 36.4 Å². The fourth-order valence-corrected chi connectivity index (χ4v) is 3.11. The van der Waals surface area contributed by atoms with Gasteiger partial charge < -0.3 is 9.47 Å². The van der Waals surface area contributed by atoms with Gasteiger partial charge in [0.1, 0.15) is 11.9 Å². The quantitative estimate of drug-likeness (QED) is 0.519. The molecule has 0 amide bonds. The van der Waals surface area contributed by atoms with Gasteiger partial charge in [0.2, 0.25) is 0 Å². The number of carbonyl (C=O) groups excluding carboxylic acids is 1. The van der Waals surface area contributed by atoms with Crippen molar-refractivity contribution < 1.29 is 27.4 Å². The Hall–Kier alpha value is -1.98. The molecule has 2 rings (SSSR count). The van der Waals surface area contributed by atoms with Gasteiger partial charge in [-0.15, -0.1) is 13.2 Å². The van der Waals surface area contributed by atoms with Crippen molar-refractivity contribution in [2.24, 2.45) is 5.92 Å². The summed E-state index contributed by atoms with van der Waals surface area (Å²) in [6.07, 6.45) is 3.98. The van der Waals surface area contributed by atoms with Gasteiger partial charge in [-0.25, -0.2) is 4.79 Å². The summed E-state index contributed by atoms with van der Waals surface area (Å²) in [4.78, 5) is 11.4. The Balaban J connectivity index is 1.71. The van der Waals surface area contributed by atoms with Crippen molar-refractivity contribution in [1.82, 2.24) is 0 Å². The number of esters is 1. The molecule has 138 valence electrons. The van der Waals surface area contributed by atoms with Crippen LogP contribution in [-0.4, -0.2) is 18.4 Å². The zero-order valence-corrected chi connectivity index (χ0v) is 14.2. The first-order valence-electron chi connectivity index (χ1n) is 8.53. The molecule has 1 aromatic rings. The topological polar surface area (TPSA) is 35.5 Å². The molecule has 25 heavy (non-hydrogen) atoms. The van der Waals surface area contributed by atoms with E-state index < -0.39 is 6.36 Å². The van der Waals surface area contributed by atoms with Crippen LogP contribution in [0, 0.1) is 5.92 Å². The van der Waals surface area contributed by atoms with E-state index in [9.17, 15) is 18.0 Å². The van der Waals surface area contributed by atoms with Gasteiger partial charge in [-0.05, 0) is 69.1 Å².